The molecule has 1 aromatic carbocycles. The predicted octanol–water partition coefficient (Wildman–Crippen LogP) is 4.74. The molecule has 1 N–H and O–H groups in total. The highest BCUT2D eigenvalue weighted by molar-refractivity contribution is 5.26. The van der Waals surface area contributed by atoms with Crippen LogP contribution in [0.3, 0.4) is 0 Å². The zero-order valence-corrected chi connectivity index (χ0v) is 12.9. The number of nitrogens with one attached hydrogen (secondary N) is 1. The van der Waals surface area contributed by atoms with E-state index in [2.05, 4.69) is 42.6 Å². The maximum Gasteiger partial charge on any atom is 0.0104 e. The minimum Gasteiger partial charge on any atom is -0.314 e. The van der Waals surface area contributed by atoms with Gasteiger partial charge in [-0.3, -0.25) is 0 Å². The summed E-state index contributed by atoms with van der Waals surface area (Å²) >= 11 is 0. The summed E-state index contributed by atoms with van der Waals surface area (Å²) in [6.07, 6.45) is 9.98. The Labute approximate surface area is 124 Å². The normalized spacial score (nSPS) is 27.6. The maximum absolute atomic E-state index is 3.86. The number of hydrogen-bond donors (Lipinski definition) is 1. The van der Waals surface area contributed by atoms with Gasteiger partial charge in [0.1, 0.15) is 0 Å². The van der Waals surface area contributed by atoms with E-state index in [0.29, 0.717) is 0 Å². The van der Waals surface area contributed by atoms with E-state index < -0.39 is 0 Å². The molecule has 3 rings (SSSR count). The van der Waals surface area contributed by atoms with E-state index in [1.807, 2.05) is 0 Å². The second-order valence-corrected chi connectivity index (χ2v) is 6.86. The Bertz CT molecular complexity index is 393. The monoisotopic (exact) mass is 271 g/mol. The standard InChI is InChI=1S/C19H29N/c1-2-12-20-19(13-15-8-6-7-9-15)18-14-17(18)16-10-4-3-5-11-16/h3-5,10-11,15,17-20H,2,6-9,12-14H2,1H3. The van der Waals surface area contributed by atoms with Crippen molar-refractivity contribution in [3.63, 3.8) is 0 Å². The number of rotatable bonds is 7. The second kappa shape index (κ2) is 6.76. The van der Waals surface area contributed by atoms with Gasteiger partial charge in [0.25, 0.3) is 0 Å². The SMILES string of the molecule is CCCNC(CC1CCCC1)C1CC1c1ccccc1. The largest absolute Gasteiger partial charge is 0.314 e. The molecule has 20 heavy (non-hydrogen) atoms. The molecule has 0 aliphatic heterocycles. The van der Waals surface area contributed by atoms with Crippen LogP contribution in [0.25, 0.3) is 0 Å². The Morgan fingerprint density at radius 2 is 1.90 bits per heavy atom. The zero-order chi connectivity index (χ0) is 13.8. The van der Waals surface area contributed by atoms with E-state index >= 15 is 0 Å². The minimum atomic E-state index is 0.767. The molecule has 2 aliphatic rings. The third-order valence-corrected chi connectivity index (χ3v) is 5.30. The lowest BCUT2D eigenvalue weighted by molar-refractivity contribution is 0.354. The molecule has 0 bridgehead atoms. The Kier molecular flexibility index (Phi) is 4.77. The molecule has 1 nitrogen and oxygen atoms in total. The zero-order valence-electron chi connectivity index (χ0n) is 12.9. The van der Waals surface area contributed by atoms with Crippen molar-refractivity contribution < 1.29 is 0 Å². The average Bonchev–Trinajstić information content (AvgIpc) is 3.13. The van der Waals surface area contributed by atoms with Gasteiger partial charge in [0.15, 0.2) is 0 Å². The van der Waals surface area contributed by atoms with Crippen LogP contribution in [0.1, 0.15) is 63.4 Å². The molecule has 2 aliphatic carbocycles. The molecule has 1 heteroatoms. The summed E-state index contributed by atoms with van der Waals surface area (Å²) in [5.74, 6) is 2.72. The van der Waals surface area contributed by atoms with Gasteiger partial charge in [-0.25, -0.2) is 0 Å². The first-order chi connectivity index (χ1) is 9.88. The lowest BCUT2D eigenvalue weighted by Crippen LogP contribution is -2.34. The Balaban J connectivity index is 1.58. The first-order valence-electron chi connectivity index (χ1n) is 8.66. The summed E-state index contributed by atoms with van der Waals surface area (Å²) in [4.78, 5) is 0. The van der Waals surface area contributed by atoms with E-state index in [0.717, 1.165) is 23.8 Å². The van der Waals surface area contributed by atoms with Crippen molar-refractivity contribution in [3.05, 3.63) is 35.9 Å². The fourth-order valence-corrected chi connectivity index (χ4v) is 4.09. The minimum absolute atomic E-state index is 0.767. The molecule has 3 atom stereocenters. The van der Waals surface area contributed by atoms with Crippen molar-refractivity contribution in [3.8, 4) is 0 Å². The maximum atomic E-state index is 3.86. The molecule has 0 aromatic heterocycles. The van der Waals surface area contributed by atoms with Crippen molar-refractivity contribution in [2.75, 3.05) is 6.54 Å². The highest BCUT2D eigenvalue weighted by Gasteiger charge is 2.44. The smallest absolute Gasteiger partial charge is 0.0104 e. The van der Waals surface area contributed by atoms with Gasteiger partial charge >= 0.3 is 0 Å². The van der Waals surface area contributed by atoms with Gasteiger partial charge in [0.2, 0.25) is 0 Å². The molecule has 2 saturated carbocycles. The van der Waals surface area contributed by atoms with Gasteiger partial charge in [-0.15, -0.1) is 0 Å². The lowest BCUT2D eigenvalue weighted by Gasteiger charge is -2.22. The summed E-state index contributed by atoms with van der Waals surface area (Å²) < 4.78 is 0. The van der Waals surface area contributed by atoms with Crippen LogP contribution in [0, 0.1) is 11.8 Å². The van der Waals surface area contributed by atoms with Gasteiger partial charge in [-0.05, 0) is 49.1 Å². The van der Waals surface area contributed by atoms with Crippen molar-refractivity contribution in [1.82, 2.24) is 5.32 Å². The molecule has 0 heterocycles. The molecule has 3 unspecified atom stereocenters. The first kappa shape index (κ1) is 14.1. The Morgan fingerprint density at radius 3 is 2.60 bits per heavy atom. The molecule has 0 spiro atoms. The number of benzene rings is 1. The molecule has 2 fully saturated rings. The summed E-state index contributed by atoms with van der Waals surface area (Å²) in [5.41, 5.74) is 1.56. The van der Waals surface area contributed by atoms with Crippen LogP contribution < -0.4 is 5.32 Å². The highest BCUT2D eigenvalue weighted by Crippen LogP contribution is 2.51. The summed E-state index contributed by atoms with van der Waals surface area (Å²) in [5, 5.41) is 3.86. The van der Waals surface area contributed by atoms with Crippen LogP contribution in [0.15, 0.2) is 30.3 Å². The fraction of sp³-hybridized carbons (Fsp3) is 0.684. The fourth-order valence-electron chi connectivity index (χ4n) is 4.09. The molecule has 110 valence electrons. The van der Waals surface area contributed by atoms with Crippen LogP contribution in [0.2, 0.25) is 0 Å². The Morgan fingerprint density at radius 1 is 1.15 bits per heavy atom. The highest BCUT2D eigenvalue weighted by atomic mass is 14.9. The molecular formula is C19H29N. The van der Waals surface area contributed by atoms with Gasteiger partial charge in [-0.2, -0.15) is 0 Å². The lowest BCUT2D eigenvalue weighted by atomic mass is 9.93. The molecule has 0 saturated heterocycles. The molecule has 1 aromatic rings. The van der Waals surface area contributed by atoms with Crippen LogP contribution in [0.5, 0.6) is 0 Å². The second-order valence-electron chi connectivity index (χ2n) is 6.86. The third kappa shape index (κ3) is 3.44. The van der Waals surface area contributed by atoms with Gasteiger partial charge in [0.05, 0.1) is 0 Å². The van der Waals surface area contributed by atoms with Gasteiger partial charge in [-0.1, -0.05) is 62.9 Å². The van der Waals surface area contributed by atoms with Crippen molar-refractivity contribution in [2.45, 2.75) is 63.8 Å². The van der Waals surface area contributed by atoms with Crippen molar-refractivity contribution in [1.29, 1.82) is 0 Å². The first-order valence-corrected chi connectivity index (χ1v) is 8.66. The van der Waals surface area contributed by atoms with E-state index in [1.165, 1.54) is 51.5 Å². The van der Waals surface area contributed by atoms with Crippen molar-refractivity contribution >= 4 is 0 Å². The molecule has 0 amide bonds. The van der Waals surface area contributed by atoms with Crippen LogP contribution in [-0.4, -0.2) is 12.6 Å². The molecule has 0 radical (unpaired) electrons. The quantitative estimate of drug-likeness (QED) is 0.755. The topological polar surface area (TPSA) is 12.0 Å². The predicted molar refractivity (Wildman–Crippen MR) is 85.9 cm³/mol. The number of hydrogen-bond acceptors (Lipinski definition) is 1. The summed E-state index contributed by atoms with van der Waals surface area (Å²) in [6.45, 7) is 3.47. The summed E-state index contributed by atoms with van der Waals surface area (Å²) in [7, 11) is 0. The van der Waals surface area contributed by atoms with Gasteiger partial charge < -0.3 is 5.32 Å². The average molecular weight is 271 g/mol. The van der Waals surface area contributed by atoms with Crippen LogP contribution >= 0.6 is 0 Å². The van der Waals surface area contributed by atoms with E-state index in [9.17, 15) is 0 Å². The van der Waals surface area contributed by atoms with E-state index in [1.54, 1.807) is 5.56 Å². The van der Waals surface area contributed by atoms with E-state index in [-0.39, 0.29) is 0 Å². The van der Waals surface area contributed by atoms with Crippen LogP contribution in [0.4, 0.5) is 0 Å². The third-order valence-electron chi connectivity index (χ3n) is 5.30. The van der Waals surface area contributed by atoms with Crippen LogP contribution in [-0.2, 0) is 0 Å². The molecular weight excluding hydrogens is 242 g/mol. The van der Waals surface area contributed by atoms with E-state index in [4.69, 9.17) is 0 Å². The van der Waals surface area contributed by atoms with Crippen molar-refractivity contribution in [2.24, 2.45) is 11.8 Å². The van der Waals surface area contributed by atoms with Gasteiger partial charge in [0, 0.05) is 6.04 Å². The summed E-state index contributed by atoms with van der Waals surface area (Å²) in [6, 6.07) is 11.9. The Hall–Kier alpha value is -0.820.